The summed E-state index contributed by atoms with van der Waals surface area (Å²) >= 11 is 5.86. The van der Waals surface area contributed by atoms with Gasteiger partial charge in [0.1, 0.15) is 6.33 Å². The summed E-state index contributed by atoms with van der Waals surface area (Å²) in [6.07, 6.45) is 2.94. The molecule has 0 fully saturated rings. The van der Waals surface area contributed by atoms with Crippen LogP contribution in [0.3, 0.4) is 0 Å². The van der Waals surface area contributed by atoms with E-state index in [9.17, 15) is 14.9 Å². The van der Waals surface area contributed by atoms with Crippen LogP contribution in [0.15, 0.2) is 36.8 Å². The van der Waals surface area contributed by atoms with E-state index >= 15 is 0 Å². The number of halogens is 1. The molecule has 0 aliphatic rings. The van der Waals surface area contributed by atoms with Gasteiger partial charge >= 0.3 is 0 Å². The maximum atomic E-state index is 11.9. The number of amides is 1. The summed E-state index contributed by atoms with van der Waals surface area (Å²) in [4.78, 5) is 29.6. The van der Waals surface area contributed by atoms with Crippen LogP contribution in [0.5, 0.6) is 0 Å². The number of hydrogen-bond donors (Lipinski definition) is 1. The maximum Gasteiger partial charge on any atom is 0.270 e. The minimum Gasteiger partial charge on any atom is -0.346 e. The second-order valence-electron chi connectivity index (χ2n) is 3.80. The molecule has 1 aromatic heterocycles. The van der Waals surface area contributed by atoms with Gasteiger partial charge in [0.2, 0.25) is 0 Å². The van der Waals surface area contributed by atoms with E-state index in [1.165, 1.54) is 18.5 Å². The molecule has 0 unspecified atom stereocenters. The summed E-state index contributed by atoms with van der Waals surface area (Å²) in [5.74, 6) is -0.427. The first-order chi connectivity index (χ1) is 9.58. The summed E-state index contributed by atoms with van der Waals surface area (Å²) in [5.41, 5.74) is 0.653. The number of hydrogen-bond acceptors (Lipinski definition) is 5. The Balaban J connectivity index is 2.08. The minimum absolute atomic E-state index is 0.0272. The van der Waals surface area contributed by atoms with E-state index in [1.807, 2.05) is 0 Å². The lowest BCUT2D eigenvalue weighted by Gasteiger charge is -2.06. The van der Waals surface area contributed by atoms with Crippen LogP contribution in [0.2, 0.25) is 5.02 Å². The number of aromatic nitrogens is 2. The highest BCUT2D eigenvalue weighted by Crippen LogP contribution is 2.22. The standard InChI is InChI=1S/C12H9ClN4O3/c13-11-5-9(17(19)20)1-2-10(11)12(18)15-6-8-3-4-14-7-16-8/h1-5,7H,6H2,(H,15,18). The van der Waals surface area contributed by atoms with Gasteiger partial charge in [-0.15, -0.1) is 0 Å². The Kier molecular flexibility index (Phi) is 4.21. The van der Waals surface area contributed by atoms with Gasteiger partial charge in [-0.3, -0.25) is 14.9 Å². The quantitative estimate of drug-likeness (QED) is 0.686. The fourth-order valence-corrected chi connectivity index (χ4v) is 1.75. The molecule has 8 heteroatoms. The van der Waals surface area contributed by atoms with Crippen LogP contribution in [-0.2, 0) is 6.54 Å². The summed E-state index contributed by atoms with van der Waals surface area (Å²) in [7, 11) is 0. The van der Waals surface area contributed by atoms with Crippen LogP contribution in [0.4, 0.5) is 5.69 Å². The monoisotopic (exact) mass is 292 g/mol. The molecule has 1 N–H and O–H groups in total. The van der Waals surface area contributed by atoms with Crippen molar-refractivity contribution >= 4 is 23.2 Å². The van der Waals surface area contributed by atoms with Crippen molar-refractivity contribution in [2.75, 3.05) is 0 Å². The first-order valence-electron chi connectivity index (χ1n) is 5.55. The molecule has 7 nitrogen and oxygen atoms in total. The van der Waals surface area contributed by atoms with E-state index in [0.717, 1.165) is 6.07 Å². The molecular weight excluding hydrogens is 284 g/mol. The van der Waals surface area contributed by atoms with Gasteiger partial charge < -0.3 is 5.32 Å². The number of nitrogens with one attached hydrogen (secondary N) is 1. The molecule has 20 heavy (non-hydrogen) atoms. The molecule has 0 bridgehead atoms. The fraction of sp³-hybridized carbons (Fsp3) is 0.0833. The number of carbonyl (C=O) groups excluding carboxylic acids is 1. The van der Waals surface area contributed by atoms with Crippen LogP contribution in [0.25, 0.3) is 0 Å². The highest BCUT2D eigenvalue weighted by atomic mass is 35.5. The molecule has 0 aliphatic carbocycles. The van der Waals surface area contributed by atoms with Gasteiger partial charge in [-0.2, -0.15) is 0 Å². The summed E-state index contributed by atoms with van der Waals surface area (Å²) in [5, 5.41) is 13.2. The van der Waals surface area contributed by atoms with E-state index < -0.39 is 10.8 Å². The second-order valence-corrected chi connectivity index (χ2v) is 4.21. The molecule has 0 radical (unpaired) electrons. The lowest BCUT2D eigenvalue weighted by Crippen LogP contribution is -2.23. The average Bonchev–Trinajstić information content (AvgIpc) is 2.45. The zero-order valence-corrected chi connectivity index (χ0v) is 10.9. The Morgan fingerprint density at radius 3 is 2.80 bits per heavy atom. The van der Waals surface area contributed by atoms with Gasteiger partial charge in [-0.1, -0.05) is 11.6 Å². The Bertz CT molecular complexity index is 648. The zero-order chi connectivity index (χ0) is 14.5. The third kappa shape index (κ3) is 3.27. The lowest BCUT2D eigenvalue weighted by molar-refractivity contribution is -0.384. The maximum absolute atomic E-state index is 11.9. The predicted octanol–water partition coefficient (Wildman–Crippen LogP) is 1.97. The van der Waals surface area contributed by atoms with Gasteiger partial charge in [0.25, 0.3) is 11.6 Å². The van der Waals surface area contributed by atoms with E-state index in [2.05, 4.69) is 15.3 Å². The van der Waals surface area contributed by atoms with Crippen molar-refractivity contribution in [1.29, 1.82) is 0 Å². The van der Waals surface area contributed by atoms with Crippen molar-refractivity contribution in [3.05, 3.63) is 63.2 Å². The number of nitro benzene ring substituents is 1. The molecule has 0 saturated carbocycles. The summed E-state index contributed by atoms with van der Waals surface area (Å²) < 4.78 is 0. The molecule has 0 atom stereocenters. The average molecular weight is 293 g/mol. The molecule has 1 amide bonds. The van der Waals surface area contributed by atoms with Crippen molar-refractivity contribution in [2.45, 2.75) is 6.54 Å². The first-order valence-corrected chi connectivity index (χ1v) is 5.93. The van der Waals surface area contributed by atoms with Crippen LogP contribution in [0, 0.1) is 10.1 Å². The highest BCUT2D eigenvalue weighted by Gasteiger charge is 2.14. The van der Waals surface area contributed by atoms with Crippen LogP contribution >= 0.6 is 11.6 Å². The Hall–Kier alpha value is -2.54. The van der Waals surface area contributed by atoms with Gasteiger partial charge in [-0.05, 0) is 12.1 Å². The first kappa shape index (κ1) is 13.9. The normalized spacial score (nSPS) is 10.1. The molecule has 0 aliphatic heterocycles. The van der Waals surface area contributed by atoms with Gasteiger partial charge in [0.15, 0.2) is 0 Å². The largest absolute Gasteiger partial charge is 0.346 e. The van der Waals surface area contributed by atoms with Crippen LogP contribution in [-0.4, -0.2) is 20.8 Å². The van der Waals surface area contributed by atoms with E-state index in [4.69, 9.17) is 11.6 Å². The SMILES string of the molecule is O=C(NCc1ccncn1)c1ccc([N+](=O)[O-])cc1Cl. The highest BCUT2D eigenvalue weighted by molar-refractivity contribution is 6.34. The number of nitrogens with zero attached hydrogens (tertiary/aromatic N) is 3. The fourth-order valence-electron chi connectivity index (χ4n) is 1.49. The van der Waals surface area contributed by atoms with Gasteiger partial charge in [0.05, 0.1) is 27.7 Å². The number of nitro groups is 1. The Morgan fingerprint density at radius 1 is 1.40 bits per heavy atom. The number of benzene rings is 1. The van der Waals surface area contributed by atoms with Crippen molar-refractivity contribution < 1.29 is 9.72 Å². The molecule has 0 spiro atoms. The van der Waals surface area contributed by atoms with Gasteiger partial charge in [0, 0.05) is 18.3 Å². The predicted molar refractivity (Wildman–Crippen MR) is 71.3 cm³/mol. The molecule has 2 rings (SSSR count). The summed E-state index contributed by atoms with van der Waals surface area (Å²) in [6, 6.07) is 5.35. The molecule has 0 saturated heterocycles. The summed E-state index contributed by atoms with van der Waals surface area (Å²) in [6.45, 7) is 0.217. The van der Waals surface area contributed by atoms with E-state index in [0.29, 0.717) is 5.69 Å². The number of carbonyl (C=O) groups is 1. The minimum atomic E-state index is -0.575. The molecule has 1 heterocycles. The Labute approximate surface area is 118 Å². The topological polar surface area (TPSA) is 98.0 Å². The number of rotatable bonds is 4. The van der Waals surface area contributed by atoms with Gasteiger partial charge in [-0.25, -0.2) is 9.97 Å². The van der Waals surface area contributed by atoms with Crippen molar-refractivity contribution in [2.24, 2.45) is 0 Å². The zero-order valence-electron chi connectivity index (χ0n) is 10.1. The lowest BCUT2D eigenvalue weighted by atomic mass is 10.2. The smallest absolute Gasteiger partial charge is 0.270 e. The van der Waals surface area contributed by atoms with Crippen LogP contribution < -0.4 is 5.32 Å². The molecule has 102 valence electrons. The van der Waals surface area contributed by atoms with Crippen molar-refractivity contribution in [1.82, 2.24) is 15.3 Å². The molecular formula is C12H9ClN4O3. The molecule has 2 aromatic rings. The molecule has 1 aromatic carbocycles. The Morgan fingerprint density at radius 2 is 2.20 bits per heavy atom. The van der Waals surface area contributed by atoms with E-state index in [-0.39, 0.29) is 22.8 Å². The van der Waals surface area contributed by atoms with E-state index in [1.54, 1.807) is 12.3 Å². The van der Waals surface area contributed by atoms with Crippen molar-refractivity contribution in [3.8, 4) is 0 Å². The second kappa shape index (κ2) is 6.07. The third-order valence-corrected chi connectivity index (χ3v) is 2.79. The van der Waals surface area contributed by atoms with Crippen molar-refractivity contribution in [3.63, 3.8) is 0 Å². The number of non-ortho nitro benzene ring substituents is 1. The third-order valence-electron chi connectivity index (χ3n) is 2.48. The van der Waals surface area contributed by atoms with Crippen LogP contribution in [0.1, 0.15) is 16.1 Å².